The van der Waals surface area contributed by atoms with E-state index in [4.69, 9.17) is 0 Å². The van der Waals surface area contributed by atoms with E-state index in [-0.39, 0.29) is 26.5 Å². The summed E-state index contributed by atoms with van der Waals surface area (Å²) in [6, 6.07) is 11.7. The monoisotopic (exact) mass is 413 g/mol. The lowest BCUT2D eigenvalue weighted by atomic mass is 10.1. The van der Waals surface area contributed by atoms with Crippen LogP contribution in [0.1, 0.15) is 22.8 Å². The van der Waals surface area contributed by atoms with Crippen LogP contribution < -0.4 is 5.11 Å². The molecular formula is C20H13O6S2-. The molecule has 0 saturated heterocycles. The van der Waals surface area contributed by atoms with Crippen molar-refractivity contribution in [3.63, 3.8) is 0 Å². The van der Waals surface area contributed by atoms with Gasteiger partial charge < -0.3 is 5.11 Å². The van der Waals surface area contributed by atoms with E-state index >= 15 is 0 Å². The predicted molar refractivity (Wildman–Crippen MR) is 100 cm³/mol. The molecule has 2 heterocycles. The summed E-state index contributed by atoms with van der Waals surface area (Å²) < 4.78 is 50.5. The SMILES string of the molecule is CC(=C\C1=C([O-])c2ccccc2S1(=O)=O)/C=C1\C(=O)c2ccccc2S1(=O)=O. The molecule has 0 aliphatic carbocycles. The molecule has 2 aromatic rings. The Kier molecular flexibility index (Phi) is 3.95. The molecule has 28 heavy (non-hydrogen) atoms. The molecule has 2 aromatic carbocycles. The molecule has 6 nitrogen and oxygen atoms in total. The van der Waals surface area contributed by atoms with Crippen molar-refractivity contribution in [3.05, 3.63) is 87.2 Å². The van der Waals surface area contributed by atoms with Crippen molar-refractivity contribution >= 4 is 31.2 Å². The van der Waals surface area contributed by atoms with Crippen molar-refractivity contribution in [1.29, 1.82) is 0 Å². The molecule has 0 N–H and O–H groups in total. The number of benzene rings is 2. The number of hydrogen-bond acceptors (Lipinski definition) is 6. The molecule has 0 unspecified atom stereocenters. The average Bonchev–Trinajstić information content (AvgIpc) is 2.98. The zero-order chi connectivity index (χ0) is 20.3. The lowest BCUT2D eigenvalue weighted by Gasteiger charge is -2.08. The Labute approximate surface area is 162 Å². The Bertz CT molecular complexity index is 1360. The number of sulfone groups is 2. The molecular weight excluding hydrogens is 400 g/mol. The van der Waals surface area contributed by atoms with Crippen molar-refractivity contribution in [3.8, 4) is 0 Å². The molecule has 0 fully saturated rings. The van der Waals surface area contributed by atoms with Gasteiger partial charge in [0.05, 0.1) is 14.7 Å². The van der Waals surface area contributed by atoms with Gasteiger partial charge in [-0.1, -0.05) is 36.1 Å². The van der Waals surface area contributed by atoms with Crippen LogP contribution in [0.25, 0.3) is 5.76 Å². The third kappa shape index (κ3) is 2.49. The Hall–Kier alpha value is -2.97. The highest BCUT2D eigenvalue weighted by molar-refractivity contribution is 7.97. The Morgan fingerprint density at radius 1 is 0.857 bits per heavy atom. The molecule has 0 atom stereocenters. The van der Waals surface area contributed by atoms with Crippen LogP contribution in [0, 0.1) is 0 Å². The maximum atomic E-state index is 12.6. The standard InChI is InChI=1S/C20H14O6S2/c1-12(10-17-19(21)13-6-2-4-8-15(13)27(17,23)24)11-18-20(22)14-7-3-5-9-16(14)28(18,25)26/h2-11,21H,1H3/p-1/b12-10+,18-11+. The minimum absolute atomic E-state index is 0.0752. The van der Waals surface area contributed by atoms with Gasteiger partial charge in [0.15, 0.2) is 0 Å². The van der Waals surface area contributed by atoms with Crippen LogP contribution in [0.4, 0.5) is 0 Å². The smallest absolute Gasteiger partial charge is 0.211 e. The van der Waals surface area contributed by atoms with E-state index in [9.17, 15) is 26.7 Å². The van der Waals surface area contributed by atoms with Crippen molar-refractivity contribution in [2.75, 3.05) is 0 Å². The first-order valence-electron chi connectivity index (χ1n) is 8.20. The molecule has 0 radical (unpaired) electrons. The summed E-state index contributed by atoms with van der Waals surface area (Å²) in [5, 5.41) is 12.5. The van der Waals surface area contributed by atoms with Gasteiger partial charge in [0.2, 0.25) is 25.5 Å². The third-order valence-corrected chi connectivity index (χ3v) is 8.22. The minimum Gasteiger partial charge on any atom is -0.871 e. The lowest BCUT2D eigenvalue weighted by Crippen LogP contribution is -2.05. The van der Waals surface area contributed by atoms with Crippen LogP contribution >= 0.6 is 0 Å². The van der Waals surface area contributed by atoms with Crippen molar-refractivity contribution in [2.24, 2.45) is 0 Å². The Morgan fingerprint density at radius 3 is 1.96 bits per heavy atom. The normalized spacial score (nSPS) is 21.1. The van der Waals surface area contributed by atoms with Gasteiger partial charge in [-0.15, -0.1) is 0 Å². The van der Waals surface area contributed by atoms with Gasteiger partial charge in [0.25, 0.3) is 0 Å². The number of fused-ring (bicyclic) bond motifs is 2. The first-order chi connectivity index (χ1) is 13.2. The van der Waals surface area contributed by atoms with E-state index in [0.717, 1.165) is 12.2 Å². The fourth-order valence-corrected chi connectivity index (χ4v) is 6.54. The molecule has 0 spiro atoms. The summed E-state index contributed by atoms with van der Waals surface area (Å²) in [4.78, 5) is 11.4. The molecule has 0 aromatic heterocycles. The topological polar surface area (TPSA) is 108 Å². The second kappa shape index (κ2) is 6.02. The van der Waals surface area contributed by atoms with Gasteiger partial charge in [0, 0.05) is 5.56 Å². The van der Waals surface area contributed by atoms with Crippen LogP contribution in [-0.4, -0.2) is 22.6 Å². The van der Waals surface area contributed by atoms with Crippen molar-refractivity contribution in [1.82, 2.24) is 0 Å². The molecule has 0 bridgehead atoms. The molecule has 142 valence electrons. The van der Waals surface area contributed by atoms with E-state index in [1.165, 1.54) is 43.3 Å². The molecule has 0 saturated carbocycles. The Balaban J connectivity index is 1.83. The second-order valence-electron chi connectivity index (χ2n) is 6.42. The number of ketones is 1. The highest BCUT2D eigenvalue weighted by atomic mass is 32.2. The van der Waals surface area contributed by atoms with Crippen LogP contribution in [-0.2, 0) is 19.7 Å². The minimum atomic E-state index is -3.99. The summed E-state index contributed by atoms with van der Waals surface area (Å²) >= 11 is 0. The van der Waals surface area contributed by atoms with Crippen LogP contribution in [0.15, 0.2) is 85.9 Å². The van der Waals surface area contributed by atoms with Gasteiger partial charge >= 0.3 is 0 Å². The van der Waals surface area contributed by atoms with E-state index in [1.54, 1.807) is 12.1 Å². The number of rotatable bonds is 2. The molecule has 4 rings (SSSR count). The summed E-state index contributed by atoms with van der Waals surface area (Å²) in [6.07, 6.45) is 2.22. The number of hydrogen-bond donors (Lipinski definition) is 0. The number of carbonyl (C=O) groups is 1. The van der Waals surface area contributed by atoms with Crippen LogP contribution in [0.3, 0.4) is 0 Å². The molecule has 2 aliphatic heterocycles. The molecule has 8 heteroatoms. The zero-order valence-electron chi connectivity index (χ0n) is 14.5. The van der Waals surface area contributed by atoms with Gasteiger partial charge in [-0.05, 0) is 48.4 Å². The van der Waals surface area contributed by atoms with Crippen molar-refractivity contribution < 1.29 is 26.7 Å². The van der Waals surface area contributed by atoms with Crippen molar-refractivity contribution in [2.45, 2.75) is 16.7 Å². The largest absolute Gasteiger partial charge is 0.871 e. The first-order valence-corrected chi connectivity index (χ1v) is 11.2. The summed E-state index contributed by atoms with van der Waals surface area (Å²) in [5.74, 6) is -1.31. The third-order valence-electron chi connectivity index (χ3n) is 4.59. The summed E-state index contributed by atoms with van der Waals surface area (Å²) in [7, 11) is -7.99. The van der Waals surface area contributed by atoms with Crippen LogP contribution in [0.2, 0.25) is 0 Å². The Morgan fingerprint density at radius 2 is 1.39 bits per heavy atom. The summed E-state index contributed by atoms with van der Waals surface area (Å²) in [5.41, 5.74) is 0.316. The van der Waals surface area contributed by atoms with Gasteiger partial charge in [-0.25, -0.2) is 16.8 Å². The lowest BCUT2D eigenvalue weighted by molar-refractivity contribution is -0.244. The average molecular weight is 413 g/mol. The van der Waals surface area contributed by atoms with Gasteiger partial charge in [-0.2, -0.15) is 0 Å². The zero-order valence-corrected chi connectivity index (χ0v) is 16.2. The first kappa shape index (κ1) is 18.4. The van der Waals surface area contributed by atoms with Crippen LogP contribution in [0.5, 0.6) is 0 Å². The maximum absolute atomic E-state index is 12.6. The van der Waals surface area contributed by atoms with Gasteiger partial charge in [-0.3, -0.25) is 4.79 Å². The summed E-state index contributed by atoms with van der Waals surface area (Å²) in [6.45, 7) is 1.44. The highest BCUT2D eigenvalue weighted by Crippen LogP contribution is 2.38. The van der Waals surface area contributed by atoms with E-state index < -0.39 is 41.0 Å². The number of carbonyl (C=O) groups excluding carboxylic acids is 1. The van der Waals surface area contributed by atoms with E-state index in [0.29, 0.717) is 0 Å². The number of allylic oxidation sites excluding steroid dienone is 4. The second-order valence-corrected chi connectivity index (χ2v) is 10.2. The number of Topliss-reactive ketones (excluding diaryl/α,β-unsaturated/α-hetero) is 1. The fourth-order valence-electron chi connectivity index (χ4n) is 3.27. The quantitative estimate of drug-likeness (QED) is 0.697. The predicted octanol–water partition coefficient (Wildman–Crippen LogP) is 2.00. The van der Waals surface area contributed by atoms with E-state index in [2.05, 4.69) is 0 Å². The van der Waals surface area contributed by atoms with E-state index in [1.807, 2.05) is 0 Å². The molecule has 2 aliphatic rings. The van der Waals surface area contributed by atoms with Gasteiger partial charge in [0.1, 0.15) is 4.91 Å². The fraction of sp³-hybridized carbons (Fsp3) is 0.0500. The highest BCUT2D eigenvalue weighted by Gasteiger charge is 2.38. The molecule has 0 amide bonds. The maximum Gasteiger partial charge on any atom is 0.211 e.